The number of rotatable bonds is 11. The molecule has 1 aromatic heterocycles. The molecule has 0 radical (unpaired) electrons. The quantitative estimate of drug-likeness (QED) is 0.466. The van der Waals surface area contributed by atoms with Crippen LogP contribution in [-0.2, 0) is 4.74 Å². The van der Waals surface area contributed by atoms with Crippen molar-refractivity contribution in [2.75, 3.05) is 13.7 Å². The minimum Gasteiger partial charge on any atom is -0.507 e. The van der Waals surface area contributed by atoms with Crippen LogP contribution in [0.4, 0.5) is 4.79 Å². The molecule has 0 aliphatic rings. The van der Waals surface area contributed by atoms with Crippen LogP contribution < -0.4 is 16.3 Å². The van der Waals surface area contributed by atoms with Crippen molar-refractivity contribution in [3.63, 3.8) is 0 Å². The molecule has 0 aliphatic heterocycles. The highest BCUT2D eigenvalue weighted by molar-refractivity contribution is 5.96. The summed E-state index contributed by atoms with van der Waals surface area (Å²) in [5, 5.41) is 15.2. The molecule has 0 fully saturated rings. The van der Waals surface area contributed by atoms with Crippen molar-refractivity contribution >= 4 is 12.0 Å². The number of carbonyl (C=O) groups is 2. The molecular weight excluding hydrogens is 388 g/mol. The van der Waals surface area contributed by atoms with Crippen molar-refractivity contribution in [3.05, 3.63) is 51.7 Å². The van der Waals surface area contributed by atoms with Crippen LogP contribution in [-0.4, -0.2) is 30.8 Å². The van der Waals surface area contributed by atoms with Gasteiger partial charge in [0.15, 0.2) is 5.56 Å². The third kappa shape index (κ3) is 8.55. The number of amides is 2. The van der Waals surface area contributed by atoms with Crippen molar-refractivity contribution in [3.8, 4) is 5.75 Å². The van der Waals surface area contributed by atoms with Crippen LogP contribution in [0.25, 0.3) is 0 Å². The van der Waals surface area contributed by atoms with Crippen molar-refractivity contribution in [1.82, 2.24) is 10.6 Å². The Balaban J connectivity index is 2.68. The predicted octanol–water partition coefficient (Wildman–Crippen LogP) is 3.97. The SMILES string of the molecule is CCCC/C(C)=C/CNC(=O)c1c(O)cc(C(C)CC/C=C/NC(=O)OC)oc1=O. The smallest absolute Gasteiger partial charge is 0.410 e. The van der Waals surface area contributed by atoms with Crippen molar-refractivity contribution in [2.24, 2.45) is 0 Å². The first-order valence-electron chi connectivity index (χ1n) is 10.1. The lowest BCUT2D eigenvalue weighted by Gasteiger charge is -2.11. The summed E-state index contributed by atoms with van der Waals surface area (Å²) in [7, 11) is 1.27. The van der Waals surface area contributed by atoms with E-state index in [1.54, 1.807) is 6.08 Å². The summed E-state index contributed by atoms with van der Waals surface area (Å²) in [5.41, 5.74) is -0.106. The van der Waals surface area contributed by atoms with E-state index in [0.29, 0.717) is 18.6 Å². The van der Waals surface area contributed by atoms with Crippen LogP contribution in [0.2, 0.25) is 0 Å². The van der Waals surface area contributed by atoms with E-state index in [4.69, 9.17) is 4.42 Å². The van der Waals surface area contributed by atoms with Gasteiger partial charge < -0.3 is 19.6 Å². The molecule has 0 bridgehead atoms. The molecule has 1 rings (SSSR count). The van der Waals surface area contributed by atoms with Crippen LogP contribution in [0.1, 0.15) is 74.9 Å². The highest BCUT2D eigenvalue weighted by Gasteiger charge is 2.20. The van der Waals surface area contributed by atoms with Gasteiger partial charge in [-0.1, -0.05) is 38.0 Å². The normalized spacial score (nSPS) is 12.6. The Kier molecular flexibility index (Phi) is 11.0. The fourth-order valence-electron chi connectivity index (χ4n) is 2.67. The summed E-state index contributed by atoms with van der Waals surface area (Å²) in [5.74, 6) is -0.955. The van der Waals surface area contributed by atoms with E-state index in [-0.39, 0.29) is 12.5 Å². The molecule has 8 nitrogen and oxygen atoms in total. The average Bonchev–Trinajstić information content (AvgIpc) is 2.70. The van der Waals surface area contributed by atoms with Crippen LogP contribution in [0.5, 0.6) is 5.75 Å². The van der Waals surface area contributed by atoms with E-state index in [0.717, 1.165) is 24.8 Å². The van der Waals surface area contributed by atoms with Crippen LogP contribution >= 0.6 is 0 Å². The van der Waals surface area contributed by atoms with Gasteiger partial charge in [0.2, 0.25) is 0 Å². The molecule has 0 spiro atoms. The number of hydrogen-bond donors (Lipinski definition) is 3. The van der Waals surface area contributed by atoms with Crippen molar-refractivity contribution in [1.29, 1.82) is 0 Å². The van der Waals surface area contributed by atoms with E-state index in [9.17, 15) is 19.5 Å². The van der Waals surface area contributed by atoms with Crippen LogP contribution in [0.15, 0.2) is 39.2 Å². The van der Waals surface area contributed by atoms with Gasteiger partial charge >= 0.3 is 11.7 Å². The monoisotopic (exact) mass is 420 g/mol. The maximum absolute atomic E-state index is 12.3. The van der Waals surface area contributed by atoms with Gasteiger partial charge in [-0.15, -0.1) is 0 Å². The first-order valence-corrected chi connectivity index (χ1v) is 10.1. The average molecular weight is 421 g/mol. The molecule has 3 N–H and O–H groups in total. The van der Waals surface area contributed by atoms with E-state index < -0.39 is 28.9 Å². The fraction of sp³-hybridized carbons (Fsp3) is 0.500. The number of unbranched alkanes of at least 4 members (excludes halogenated alkanes) is 1. The first-order chi connectivity index (χ1) is 14.3. The molecule has 1 heterocycles. The van der Waals surface area contributed by atoms with Gasteiger partial charge in [0, 0.05) is 24.7 Å². The number of aromatic hydroxyl groups is 1. The summed E-state index contributed by atoms with van der Waals surface area (Å²) >= 11 is 0. The van der Waals surface area contributed by atoms with Gasteiger partial charge in [-0.05, 0) is 32.6 Å². The second-order valence-electron chi connectivity index (χ2n) is 7.08. The maximum Gasteiger partial charge on any atom is 0.410 e. The Morgan fingerprint density at radius 1 is 1.37 bits per heavy atom. The molecule has 1 unspecified atom stereocenters. The zero-order chi connectivity index (χ0) is 22.5. The van der Waals surface area contributed by atoms with Gasteiger partial charge in [-0.2, -0.15) is 0 Å². The van der Waals surface area contributed by atoms with Crippen molar-refractivity contribution in [2.45, 2.75) is 58.8 Å². The highest BCUT2D eigenvalue weighted by atomic mass is 16.5. The number of methoxy groups -OCH3 is 1. The standard InChI is InChI=1S/C22H32N2O6/c1-5-6-9-15(2)11-13-23-20(26)19-17(25)14-18(30-21(19)27)16(3)10-7-8-12-24-22(28)29-4/h8,11-12,14,16,25H,5-7,9-10,13H2,1-4H3,(H,23,26)(H,24,28)/b12-8+,15-11+. The molecule has 1 atom stereocenters. The third-order valence-corrected chi connectivity index (χ3v) is 4.57. The molecule has 166 valence electrons. The molecule has 2 amide bonds. The van der Waals surface area contributed by atoms with Crippen molar-refractivity contribution < 1.29 is 23.8 Å². The lowest BCUT2D eigenvalue weighted by atomic mass is 10.0. The van der Waals surface area contributed by atoms with E-state index >= 15 is 0 Å². The first kappa shape index (κ1) is 25.0. The van der Waals surface area contributed by atoms with E-state index in [1.165, 1.54) is 19.4 Å². The number of hydrogen-bond acceptors (Lipinski definition) is 6. The second kappa shape index (κ2) is 13.2. The molecule has 0 aliphatic carbocycles. The number of ether oxygens (including phenoxy) is 1. The summed E-state index contributed by atoms with van der Waals surface area (Å²) < 4.78 is 9.70. The second-order valence-corrected chi connectivity index (χ2v) is 7.08. The molecule has 1 aromatic rings. The van der Waals surface area contributed by atoms with E-state index in [2.05, 4.69) is 22.3 Å². The molecule has 0 saturated carbocycles. The third-order valence-electron chi connectivity index (χ3n) is 4.57. The number of alkyl carbamates (subject to hydrolysis) is 1. The zero-order valence-electron chi connectivity index (χ0n) is 18.1. The number of carbonyl (C=O) groups excluding carboxylic acids is 2. The summed E-state index contributed by atoms with van der Waals surface area (Å²) in [6, 6.07) is 1.31. The Morgan fingerprint density at radius 2 is 2.10 bits per heavy atom. The minimum absolute atomic E-state index is 0.173. The molecular formula is C22H32N2O6. The van der Waals surface area contributed by atoms with Crippen LogP contribution in [0, 0.1) is 0 Å². The minimum atomic E-state index is -0.871. The predicted molar refractivity (Wildman–Crippen MR) is 115 cm³/mol. The fourth-order valence-corrected chi connectivity index (χ4v) is 2.67. The molecule has 0 saturated heterocycles. The number of allylic oxidation sites excluding steroid dienone is 2. The van der Waals surface area contributed by atoms with Crippen LogP contribution in [0.3, 0.4) is 0 Å². The summed E-state index contributed by atoms with van der Waals surface area (Å²) in [6.45, 7) is 6.21. The Morgan fingerprint density at radius 3 is 2.73 bits per heavy atom. The lowest BCUT2D eigenvalue weighted by molar-refractivity contribution is 0.0950. The Labute approximate surface area is 177 Å². The highest BCUT2D eigenvalue weighted by Crippen LogP contribution is 2.24. The zero-order valence-corrected chi connectivity index (χ0v) is 18.1. The van der Waals surface area contributed by atoms with Gasteiger partial charge in [0.25, 0.3) is 5.91 Å². The molecule has 0 aromatic carbocycles. The van der Waals surface area contributed by atoms with Gasteiger partial charge in [-0.3, -0.25) is 10.1 Å². The Bertz CT molecular complexity index is 825. The molecule has 30 heavy (non-hydrogen) atoms. The Hall–Kier alpha value is -3.03. The van der Waals surface area contributed by atoms with Gasteiger partial charge in [0.05, 0.1) is 7.11 Å². The largest absolute Gasteiger partial charge is 0.507 e. The number of nitrogens with one attached hydrogen (secondary N) is 2. The molecule has 8 heteroatoms. The lowest BCUT2D eigenvalue weighted by Crippen LogP contribution is -2.29. The maximum atomic E-state index is 12.3. The topological polar surface area (TPSA) is 118 Å². The summed E-state index contributed by atoms with van der Waals surface area (Å²) in [6.07, 6.45) is 8.88. The van der Waals surface area contributed by atoms with E-state index in [1.807, 2.05) is 19.9 Å². The van der Waals surface area contributed by atoms with Gasteiger partial charge in [-0.25, -0.2) is 9.59 Å². The summed E-state index contributed by atoms with van der Waals surface area (Å²) in [4.78, 5) is 35.5. The van der Waals surface area contributed by atoms with Gasteiger partial charge in [0.1, 0.15) is 11.5 Å².